The lowest BCUT2D eigenvalue weighted by molar-refractivity contribution is 0.213. The van der Waals surface area contributed by atoms with Crippen molar-refractivity contribution < 1.29 is 0 Å². The molecule has 0 bridgehead atoms. The van der Waals surface area contributed by atoms with Gasteiger partial charge in [0, 0.05) is 12.1 Å². The molecule has 0 spiro atoms. The molecule has 1 heterocycles. The minimum atomic E-state index is 0.483. The van der Waals surface area contributed by atoms with E-state index in [1.54, 1.807) is 11.3 Å². The smallest absolute Gasteiger partial charge is 0.00820 e. The van der Waals surface area contributed by atoms with Gasteiger partial charge in [-0.1, -0.05) is 27.2 Å². The van der Waals surface area contributed by atoms with E-state index >= 15 is 0 Å². The molecule has 1 fully saturated rings. The molecule has 0 aromatic carbocycles. The molecule has 1 aliphatic carbocycles. The van der Waals surface area contributed by atoms with Crippen LogP contribution in [0.4, 0.5) is 0 Å². The highest BCUT2D eigenvalue weighted by molar-refractivity contribution is 7.07. The second-order valence-corrected chi connectivity index (χ2v) is 8.45. The van der Waals surface area contributed by atoms with Crippen LogP contribution in [0.5, 0.6) is 0 Å². The number of hydrogen-bond acceptors (Lipinski definition) is 2. The molecule has 1 nitrogen and oxygen atoms in total. The Bertz CT molecular complexity index is 377. The normalized spacial score (nSPS) is 26.2. The Morgan fingerprint density at radius 1 is 1.25 bits per heavy atom. The highest BCUT2D eigenvalue weighted by Crippen LogP contribution is 2.36. The summed E-state index contributed by atoms with van der Waals surface area (Å²) in [6.45, 7) is 9.56. The molecule has 1 N–H and O–H groups in total. The van der Waals surface area contributed by atoms with Gasteiger partial charge in [0.15, 0.2) is 0 Å². The summed E-state index contributed by atoms with van der Waals surface area (Å²) in [6, 6.07) is 3.59. The largest absolute Gasteiger partial charge is 0.311 e. The summed E-state index contributed by atoms with van der Waals surface area (Å²) in [6.07, 6.45) is 8.09. The van der Waals surface area contributed by atoms with Gasteiger partial charge >= 0.3 is 0 Å². The Morgan fingerprint density at radius 2 is 2.05 bits per heavy atom. The third-order valence-corrected chi connectivity index (χ3v) is 5.57. The molecule has 3 atom stereocenters. The van der Waals surface area contributed by atoms with E-state index in [2.05, 4.69) is 49.8 Å². The molecule has 0 saturated heterocycles. The fourth-order valence-corrected chi connectivity index (χ4v) is 4.24. The molecule has 0 radical (unpaired) electrons. The molecule has 2 heteroatoms. The predicted molar refractivity (Wildman–Crippen MR) is 90.4 cm³/mol. The van der Waals surface area contributed by atoms with Crippen LogP contribution < -0.4 is 5.32 Å². The van der Waals surface area contributed by atoms with Gasteiger partial charge in [0.25, 0.3) is 0 Å². The summed E-state index contributed by atoms with van der Waals surface area (Å²) in [7, 11) is 0. The zero-order valence-electron chi connectivity index (χ0n) is 13.6. The van der Waals surface area contributed by atoms with E-state index in [0.29, 0.717) is 11.5 Å². The molecule has 2 rings (SSSR count). The topological polar surface area (TPSA) is 12.0 Å². The van der Waals surface area contributed by atoms with E-state index in [1.807, 2.05) is 0 Å². The van der Waals surface area contributed by atoms with Crippen LogP contribution in [0.3, 0.4) is 0 Å². The van der Waals surface area contributed by atoms with Crippen LogP contribution in [0.25, 0.3) is 0 Å². The number of nitrogens with one attached hydrogen (secondary N) is 1. The van der Waals surface area contributed by atoms with Crippen LogP contribution in [0.2, 0.25) is 0 Å². The molecule has 1 saturated carbocycles. The molecular formula is C18H31NS. The van der Waals surface area contributed by atoms with Crippen LogP contribution in [0.15, 0.2) is 16.8 Å². The average Bonchev–Trinajstić information content (AvgIpc) is 2.72. The molecule has 0 amide bonds. The van der Waals surface area contributed by atoms with Crippen LogP contribution in [0.1, 0.15) is 65.4 Å². The molecule has 0 aliphatic heterocycles. The monoisotopic (exact) mass is 293 g/mol. The standard InChI is InChI=1S/C18H31NS/c1-14(12-15-10-11-20-13-15)19-17-7-5-6-16(8-9-17)18(2,3)4/h10-11,13-14,16-17,19H,5-9,12H2,1-4H3. The second kappa shape index (κ2) is 7.09. The van der Waals surface area contributed by atoms with Gasteiger partial charge in [0.2, 0.25) is 0 Å². The summed E-state index contributed by atoms with van der Waals surface area (Å²) in [4.78, 5) is 0. The summed E-state index contributed by atoms with van der Waals surface area (Å²) in [5, 5.41) is 8.33. The first kappa shape index (κ1) is 16.0. The van der Waals surface area contributed by atoms with Crippen LogP contribution >= 0.6 is 11.3 Å². The lowest BCUT2D eigenvalue weighted by atomic mass is 9.76. The SMILES string of the molecule is CC(Cc1ccsc1)NC1CCCC(C(C)(C)C)CC1. The third-order valence-electron chi connectivity index (χ3n) is 4.84. The Labute approximate surface area is 129 Å². The number of rotatable bonds is 4. The fraction of sp³-hybridized carbons (Fsp3) is 0.778. The lowest BCUT2D eigenvalue weighted by Gasteiger charge is -2.30. The molecule has 1 aliphatic rings. The minimum Gasteiger partial charge on any atom is -0.311 e. The van der Waals surface area contributed by atoms with Crippen molar-refractivity contribution in [2.24, 2.45) is 11.3 Å². The molecule has 114 valence electrons. The van der Waals surface area contributed by atoms with Crippen molar-refractivity contribution in [1.29, 1.82) is 0 Å². The second-order valence-electron chi connectivity index (χ2n) is 7.67. The van der Waals surface area contributed by atoms with Crippen LogP contribution in [0, 0.1) is 11.3 Å². The van der Waals surface area contributed by atoms with Gasteiger partial charge in [-0.3, -0.25) is 0 Å². The highest BCUT2D eigenvalue weighted by atomic mass is 32.1. The molecule has 1 aromatic rings. The number of hydrogen-bond donors (Lipinski definition) is 1. The predicted octanol–water partition coefficient (Wildman–Crippen LogP) is 5.26. The highest BCUT2D eigenvalue weighted by Gasteiger charge is 2.28. The van der Waals surface area contributed by atoms with Crippen LogP contribution in [-0.4, -0.2) is 12.1 Å². The van der Waals surface area contributed by atoms with Gasteiger partial charge < -0.3 is 5.32 Å². The quantitative estimate of drug-likeness (QED) is 0.746. The van der Waals surface area contributed by atoms with Crippen molar-refractivity contribution in [2.75, 3.05) is 0 Å². The summed E-state index contributed by atoms with van der Waals surface area (Å²) >= 11 is 1.81. The average molecular weight is 294 g/mol. The number of thiophene rings is 1. The molecule has 20 heavy (non-hydrogen) atoms. The van der Waals surface area contributed by atoms with E-state index < -0.39 is 0 Å². The van der Waals surface area contributed by atoms with Gasteiger partial charge in [0.05, 0.1) is 0 Å². The van der Waals surface area contributed by atoms with E-state index in [-0.39, 0.29) is 0 Å². The van der Waals surface area contributed by atoms with Crippen molar-refractivity contribution in [3.63, 3.8) is 0 Å². The Kier molecular flexibility index (Phi) is 5.68. The summed E-state index contributed by atoms with van der Waals surface area (Å²) in [5.74, 6) is 0.904. The first-order chi connectivity index (χ1) is 9.45. The Balaban J connectivity index is 1.79. The Hall–Kier alpha value is -0.340. The summed E-state index contributed by atoms with van der Waals surface area (Å²) in [5.41, 5.74) is 1.97. The van der Waals surface area contributed by atoms with Crippen molar-refractivity contribution >= 4 is 11.3 Å². The maximum Gasteiger partial charge on any atom is 0.00820 e. The van der Waals surface area contributed by atoms with Crippen LogP contribution in [-0.2, 0) is 6.42 Å². The fourth-order valence-electron chi connectivity index (χ4n) is 3.56. The molecular weight excluding hydrogens is 262 g/mol. The minimum absolute atomic E-state index is 0.483. The summed E-state index contributed by atoms with van der Waals surface area (Å²) < 4.78 is 0. The zero-order chi connectivity index (χ0) is 14.6. The maximum absolute atomic E-state index is 3.87. The van der Waals surface area contributed by atoms with Gasteiger partial charge in [0.1, 0.15) is 0 Å². The van der Waals surface area contributed by atoms with Gasteiger partial charge in [-0.2, -0.15) is 11.3 Å². The van der Waals surface area contributed by atoms with Crippen molar-refractivity contribution in [3.8, 4) is 0 Å². The first-order valence-electron chi connectivity index (χ1n) is 8.22. The lowest BCUT2D eigenvalue weighted by Crippen LogP contribution is -2.37. The van der Waals surface area contributed by atoms with Crippen molar-refractivity contribution in [1.82, 2.24) is 5.32 Å². The van der Waals surface area contributed by atoms with E-state index in [1.165, 1.54) is 44.1 Å². The van der Waals surface area contributed by atoms with E-state index in [9.17, 15) is 0 Å². The first-order valence-corrected chi connectivity index (χ1v) is 9.16. The third kappa shape index (κ3) is 4.89. The van der Waals surface area contributed by atoms with Gasteiger partial charge in [-0.15, -0.1) is 0 Å². The van der Waals surface area contributed by atoms with Crippen molar-refractivity contribution in [2.45, 2.75) is 78.3 Å². The molecule has 1 aromatic heterocycles. The van der Waals surface area contributed by atoms with E-state index in [4.69, 9.17) is 0 Å². The van der Waals surface area contributed by atoms with Gasteiger partial charge in [-0.25, -0.2) is 0 Å². The van der Waals surface area contributed by atoms with Crippen molar-refractivity contribution in [3.05, 3.63) is 22.4 Å². The van der Waals surface area contributed by atoms with Gasteiger partial charge in [-0.05, 0) is 72.8 Å². The van der Waals surface area contributed by atoms with E-state index in [0.717, 1.165) is 12.0 Å². The Morgan fingerprint density at radius 3 is 2.70 bits per heavy atom. The zero-order valence-corrected chi connectivity index (χ0v) is 14.4. The maximum atomic E-state index is 3.87. The molecule has 3 unspecified atom stereocenters.